The lowest BCUT2D eigenvalue weighted by atomic mass is 9.79. The summed E-state index contributed by atoms with van der Waals surface area (Å²) in [5.41, 5.74) is 6.23. The van der Waals surface area contributed by atoms with Crippen molar-refractivity contribution in [2.45, 2.75) is 25.7 Å². The predicted molar refractivity (Wildman–Crippen MR) is 153 cm³/mol. The van der Waals surface area contributed by atoms with Gasteiger partial charge in [-0.15, -0.1) is 0 Å². The van der Waals surface area contributed by atoms with Crippen LogP contribution in [0.1, 0.15) is 29.0 Å². The van der Waals surface area contributed by atoms with Crippen LogP contribution in [0.4, 0.5) is 0 Å². The smallest absolute Gasteiger partial charge is 0.246 e. The molecule has 38 heavy (non-hydrogen) atoms. The molecule has 1 saturated heterocycles. The van der Waals surface area contributed by atoms with Gasteiger partial charge in [-0.25, -0.2) is 0 Å². The van der Waals surface area contributed by atoms with E-state index >= 15 is 0 Å². The summed E-state index contributed by atoms with van der Waals surface area (Å²) in [5.74, 6) is 0.119. The van der Waals surface area contributed by atoms with E-state index in [1.807, 2.05) is 53.6 Å². The number of rotatable bonds is 6. The number of allylic oxidation sites excluding steroid dienone is 2. The van der Waals surface area contributed by atoms with Gasteiger partial charge in [-0.3, -0.25) is 15.3 Å². The molecule has 0 bridgehead atoms. The molecule has 1 atom stereocenters. The van der Waals surface area contributed by atoms with Crippen LogP contribution in [0.15, 0.2) is 83.6 Å². The summed E-state index contributed by atoms with van der Waals surface area (Å²) >= 11 is 6.99. The van der Waals surface area contributed by atoms with Gasteiger partial charge in [-0.2, -0.15) is 5.10 Å². The second kappa shape index (κ2) is 10.8. The molecule has 1 unspecified atom stereocenters. The Labute approximate surface area is 227 Å². The maximum Gasteiger partial charge on any atom is 0.246 e. The van der Waals surface area contributed by atoms with Crippen molar-refractivity contribution in [3.8, 4) is 0 Å². The number of fused-ring (bicyclic) bond motifs is 1. The molecule has 5 rings (SSSR count). The zero-order valence-corrected chi connectivity index (χ0v) is 22.2. The molecule has 2 heterocycles. The monoisotopic (exact) mass is 526 g/mol. The van der Waals surface area contributed by atoms with Crippen LogP contribution in [0.5, 0.6) is 0 Å². The number of piperazine rings is 1. The molecule has 1 aliphatic heterocycles. The zero-order valence-electron chi connectivity index (χ0n) is 21.4. The molecular formula is C30H31ClN6O. The molecule has 3 aromatic rings. The first kappa shape index (κ1) is 25.7. The lowest BCUT2D eigenvalue weighted by Gasteiger charge is -2.37. The van der Waals surface area contributed by atoms with E-state index in [9.17, 15) is 4.79 Å². The van der Waals surface area contributed by atoms with Crippen LogP contribution in [-0.4, -0.2) is 63.6 Å². The minimum Gasteiger partial charge on any atom is -0.353 e. The second-order valence-electron chi connectivity index (χ2n) is 9.81. The molecule has 2 aliphatic rings. The number of hydrogen-bond donors (Lipinski definition) is 3. The summed E-state index contributed by atoms with van der Waals surface area (Å²) in [5, 5.41) is 27.3. The Kier molecular flexibility index (Phi) is 7.29. The highest BCUT2D eigenvalue weighted by atomic mass is 35.5. The summed E-state index contributed by atoms with van der Waals surface area (Å²) in [6, 6.07) is 14.1. The Morgan fingerprint density at radius 1 is 1.13 bits per heavy atom. The highest BCUT2D eigenvalue weighted by Crippen LogP contribution is 2.43. The number of H-pyrrole nitrogens is 1. The van der Waals surface area contributed by atoms with E-state index in [2.05, 4.69) is 29.8 Å². The molecule has 7 nitrogen and oxygen atoms in total. The fraction of sp³-hybridized carbons (Fsp3) is 0.267. The Hall–Kier alpha value is -3.97. The third-order valence-electron chi connectivity index (χ3n) is 7.51. The first-order chi connectivity index (χ1) is 18.4. The summed E-state index contributed by atoms with van der Waals surface area (Å²) in [6.45, 7) is 7.80. The van der Waals surface area contributed by atoms with E-state index in [4.69, 9.17) is 22.4 Å². The number of nitrogens with one attached hydrogen (secondary N) is 3. The van der Waals surface area contributed by atoms with Gasteiger partial charge >= 0.3 is 0 Å². The topological polar surface area (TPSA) is 99.9 Å². The van der Waals surface area contributed by atoms with E-state index in [1.165, 1.54) is 6.08 Å². The van der Waals surface area contributed by atoms with Crippen molar-refractivity contribution in [1.82, 2.24) is 20.0 Å². The van der Waals surface area contributed by atoms with E-state index in [0.29, 0.717) is 61.2 Å². The van der Waals surface area contributed by atoms with Crippen molar-refractivity contribution in [2.75, 3.05) is 26.2 Å². The average Bonchev–Trinajstić information content (AvgIpc) is 3.42. The molecule has 1 amide bonds. The molecule has 1 aliphatic carbocycles. The third-order valence-corrected chi connectivity index (χ3v) is 7.88. The maximum absolute atomic E-state index is 12.0. The summed E-state index contributed by atoms with van der Waals surface area (Å²) in [7, 11) is 0. The number of carbonyl (C=O) groups is 1. The van der Waals surface area contributed by atoms with Gasteiger partial charge in [0.25, 0.3) is 0 Å². The molecule has 194 valence electrons. The van der Waals surface area contributed by atoms with Crippen LogP contribution in [0.2, 0.25) is 0 Å². The SMILES string of the molecule is C=CC(=O)N1CCN(C(=N)C2=C(C(=N)Cc3ccccc3)CC(c3c(C)ccc4[nH]ncc34)C(Cl)=C2)CC1. The highest BCUT2D eigenvalue weighted by molar-refractivity contribution is 6.31. The van der Waals surface area contributed by atoms with Crippen LogP contribution in [0, 0.1) is 17.7 Å². The third kappa shape index (κ3) is 4.94. The van der Waals surface area contributed by atoms with Crippen molar-refractivity contribution in [3.63, 3.8) is 0 Å². The van der Waals surface area contributed by atoms with Crippen LogP contribution >= 0.6 is 11.6 Å². The quantitative estimate of drug-likeness (QED) is 0.229. The van der Waals surface area contributed by atoms with E-state index in [0.717, 1.165) is 33.2 Å². The Balaban J connectivity index is 1.50. The minimum absolute atomic E-state index is 0.0898. The largest absolute Gasteiger partial charge is 0.353 e. The number of aromatic amines is 1. The number of hydrogen-bond acceptors (Lipinski definition) is 4. The van der Waals surface area contributed by atoms with Crippen molar-refractivity contribution in [3.05, 3.63) is 100 Å². The number of carbonyl (C=O) groups excluding carboxylic acids is 1. The van der Waals surface area contributed by atoms with Gasteiger partial charge < -0.3 is 15.2 Å². The lowest BCUT2D eigenvalue weighted by Crippen LogP contribution is -2.50. The number of aromatic nitrogens is 2. The fourth-order valence-electron chi connectivity index (χ4n) is 5.44. The fourth-order valence-corrected chi connectivity index (χ4v) is 5.74. The van der Waals surface area contributed by atoms with Crippen LogP contribution in [-0.2, 0) is 11.2 Å². The molecule has 0 spiro atoms. The number of amides is 1. The van der Waals surface area contributed by atoms with Crippen LogP contribution in [0.3, 0.4) is 0 Å². The number of benzene rings is 2. The van der Waals surface area contributed by atoms with Gasteiger partial charge in [0.05, 0.1) is 11.7 Å². The number of aryl methyl sites for hydroxylation is 1. The standard InChI is InChI=1S/C30H31ClN6O/c1-3-28(38)36-11-13-37(14-12-36)30(33)22-17-25(31)23(29-19(2)9-10-27-24(29)18-34-35-27)16-21(22)26(32)15-20-7-5-4-6-8-20/h3-10,17-18,23,32-33H,1,11-16H2,2H3,(H,34,35). The van der Waals surface area contributed by atoms with Crippen molar-refractivity contribution < 1.29 is 4.79 Å². The van der Waals surface area contributed by atoms with Crippen LogP contribution in [0.25, 0.3) is 10.9 Å². The molecular weight excluding hydrogens is 496 g/mol. The summed E-state index contributed by atoms with van der Waals surface area (Å²) in [6.07, 6.45) is 6.05. The Morgan fingerprint density at radius 2 is 1.84 bits per heavy atom. The second-order valence-corrected chi connectivity index (χ2v) is 10.2. The molecule has 0 radical (unpaired) electrons. The van der Waals surface area contributed by atoms with Gasteiger partial charge in [0.1, 0.15) is 5.84 Å². The number of amidine groups is 1. The van der Waals surface area contributed by atoms with E-state index in [1.54, 1.807) is 4.90 Å². The first-order valence-electron chi connectivity index (χ1n) is 12.8. The molecule has 3 N–H and O–H groups in total. The summed E-state index contributed by atoms with van der Waals surface area (Å²) < 4.78 is 0. The molecule has 2 aromatic carbocycles. The van der Waals surface area contributed by atoms with E-state index in [-0.39, 0.29) is 11.8 Å². The van der Waals surface area contributed by atoms with Gasteiger partial charge in [-0.05, 0) is 53.8 Å². The van der Waals surface area contributed by atoms with Gasteiger partial charge in [0.15, 0.2) is 0 Å². The Bertz CT molecular complexity index is 1480. The first-order valence-corrected chi connectivity index (χ1v) is 13.1. The van der Waals surface area contributed by atoms with Gasteiger partial charge in [0.2, 0.25) is 5.91 Å². The Morgan fingerprint density at radius 3 is 2.55 bits per heavy atom. The van der Waals surface area contributed by atoms with Crippen molar-refractivity contribution in [2.24, 2.45) is 0 Å². The lowest BCUT2D eigenvalue weighted by molar-refractivity contribution is -0.127. The molecule has 1 fully saturated rings. The molecule has 8 heteroatoms. The van der Waals surface area contributed by atoms with Gasteiger partial charge in [-0.1, -0.05) is 54.6 Å². The number of halogens is 1. The predicted octanol–water partition coefficient (Wildman–Crippen LogP) is 5.35. The zero-order chi connectivity index (χ0) is 26.8. The minimum atomic E-state index is -0.136. The average molecular weight is 527 g/mol. The summed E-state index contributed by atoms with van der Waals surface area (Å²) in [4.78, 5) is 15.8. The molecule has 0 saturated carbocycles. The maximum atomic E-state index is 12.0. The highest BCUT2D eigenvalue weighted by Gasteiger charge is 2.32. The van der Waals surface area contributed by atoms with Crippen LogP contribution < -0.4 is 0 Å². The van der Waals surface area contributed by atoms with Crippen molar-refractivity contribution in [1.29, 1.82) is 10.8 Å². The number of nitrogens with zero attached hydrogens (tertiary/aromatic N) is 3. The van der Waals surface area contributed by atoms with Gasteiger partial charge in [0, 0.05) is 60.2 Å². The normalized spacial score (nSPS) is 17.9. The van der Waals surface area contributed by atoms with E-state index < -0.39 is 0 Å². The van der Waals surface area contributed by atoms with Crippen molar-refractivity contribution >= 4 is 40.0 Å². The molecule has 1 aromatic heterocycles.